The Kier molecular flexibility index (Phi) is 5.47. The van der Waals surface area contributed by atoms with Gasteiger partial charge in [-0.25, -0.2) is 0 Å². The maximum atomic E-state index is 12.1. The van der Waals surface area contributed by atoms with Crippen molar-refractivity contribution in [1.29, 1.82) is 0 Å². The maximum absolute atomic E-state index is 12.1. The highest BCUT2D eigenvalue weighted by Crippen LogP contribution is 2.23. The van der Waals surface area contributed by atoms with E-state index in [0.29, 0.717) is 11.4 Å². The van der Waals surface area contributed by atoms with Crippen LogP contribution in [0.5, 0.6) is 5.75 Å². The van der Waals surface area contributed by atoms with Crippen molar-refractivity contribution < 1.29 is 14.5 Å². The van der Waals surface area contributed by atoms with Gasteiger partial charge in [0.1, 0.15) is 5.75 Å². The van der Waals surface area contributed by atoms with Gasteiger partial charge in [-0.1, -0.05) is 48.5 Å². The number of aryl methyl sites for hydroxylation is 1. The van der Waals surface area contributed by atoms with E-state index in [1.807, 2.05) is 42.5 Å². The van der Waals surface area contributed by atoms with E-state index < -0.39 is 4.92 Å². The number of nitro groups is 1. The van der Waals surface area contributed by atoms with E-state index in [4.69, 9.17) is 4.74 Å². The van der Waals surface area contributed by atoms with Crippen molar-refractivity contribution in [1.82, 2.24) is 0 Å². The molecule has 3 aromatic carbocycles. The number of hydrogen-bond donors (Lipinski definition) is 1. The monoisotopic (exact) mass is 362 g/mol. The molecular weight excluding hydrogens is 344 g/mol. The number of ether oxygens (including phenoxy) is 1. The molecule has 0 radical (unpaired) electrons. The number of non-ortho nitro benzene ring substituents is 1. The van der Waals surface area contributed by atoms with Crippen molar-refractivity contribution in [2.45, 2.75) is 6.92 Å². The number of nitrogens with zero attached hydrogens (tertiary/aromatic N) is 1. The van der Waals surface area contributed by atoms with E-state index in [0.717, 1.165) is 16.7 Å². The lowest BCUT2D eigenvalue weighted by Gasteiger charge is -2.10. The lowest BCUT2D eigenvalue weighted by Crippen LogP contribution is -2.20. The Morgan fingerprint density at radius 1 is 1.00 bits per heavy atom. The number of nitro benzene ring substituents is 1. The second-order valence-corrected chi connectivity index (χ2v) is 5.98. The van der Waals surface area contributed by atoms with Gasteiger partial charge < -0.3 is 10.1 Å². The molecule has 3 aromatic rings. The van der Waals surface area contributed by atoms with Gasteiger partial charge in [0, 0.05) is 12.1 Å². The Bertz CT molecular complexity index is 954. The quantitative estimate of drug-likeness (QED) is 0.514. The molecule has 0 fully saturated rings. The molecule has 0 saturated heterocycles. The fourth-order valence-electron chi connectivity index (χ4n) is 2.57. The molecule has 3 rings (SSSR count). The highest BCUT2D eigenvalue weighted by Gasteiger charge is 2.11. The number of hydrogen-bond acceptors (Lipinski definition) is 4. The minimum absolute atomic E-state index is 0.0756. The number of amides is 1. The van der Waals surface area contributed by atoms with Crippen LogP contribution in [-0.4, -0.2) is 17.4 Å². The average molecular weight is 362 g/mol. The fraction of sp³-hybridized carbons (Fsp3) is 0.0952. The summed E-state index contributed by atoms with van der Waals surface area (Å²) in [4.78, 5) is 22.5. The summed E-state index contributed by atoms with van der Waals surface area (Å²) in [7, 11) is 0. The van der Waals surface area contributed by atoms with Crippen LogP contribution >= 0.6 is 0 Å². The average Bonchev–Trinajstić information content (AvgIpc) is 2.69. The van der Waals surface area contributed by atoms with Crippen LogP contribution in [-0.2, 0) is 4.79 Å². The van der Waals surface area contributed by atoms with Crippen molar-refractivity contribution in [3.63, 3.8) is 0 Å². The second-order valence-electron chi connectivity index (χ2n) is 5.98. The summed E-state index contributed by atoms with van der Waals surface area (Å²) >= 11 is 0. The Morgan fingerprint density at radius 2 is 1.67 bits per heavy atom. The fourth-order valence-corrected chi connectivity index (χ4v) is 2.57. The van der Waals surface area contributed by atoms with Gasteiger partial charge in [0.2, 0.25) is 0 Å². The maximum Gasteiger partial charge on any atom is 0.271 e. The summed E-state index contributed by atoms with van der Waals surface area (Å²) in [5, 5.41) is 13.5. The van der Waals surface area contributed by atoms with Crippen molar-refractivity contribution in [3.05, 3.63) is 88.5 Å². The first-order valence-electron chi connectivity index (χ1n) is 8.36. The molecule has 136 valence electrons. The van der Waals surface area contributed by atoms with Gasteiger partial charge in [-0.3, -0.25) is 14.9 Å². The predicted molar refractivity (Wildman–Crippen MR) is 104 cm³/mol. The van der Waals surface area contributed by atoms with Gasteiger partial charge in [0.15, 0.2) is 6.61 Å². The normalized spacial score (nSPS) is 10.3. The van der Waals surface area contributed by atoms with Crippen LogP contribution in [0.4, 0.5) is 11.4 Å². The van der Waals surface area contributed by atoms with Crippen LogP contribution in [0, 0.1) is 17.0 Å². The summed E-state index contributed by atoms with van der Waals surface area (Å²) in [5.41, 5.74) is 3.22. The Labute approximate surface area is 156 Å². The molecular formula is C21H18N2O4. The van der Waals surface area contributed by atoms with Gasteiger partial charge in [0.25, 0.3) is 11.6 Å². The van der Waals surface area contributed by atoms with Gasteiger partial charge in [-0.05, 0) is 35.7 Å². The molecule has 0 aromatic heterocycles. The van der Waals surface area contributed by atoms with Crippen molar-refractivity contribution >= 4 is 17.3 Å². The van der Waals surface area contributed by atoms with Crippen LogP contribution < -0.4 is 10.1 Å². The van der Waals surface area contributed by atoms with E-state index in [2.05, 4.69) is 5.32 Å². The Hall–Kier alpha value is -3.67. The Morgan fingerprint density at radius 3 is 2.33 bits per heavy atom. The first kappa shape index (κ1) is 18.1. The summed E-state index contributed by atoms with van der Waals surface area (Å²) in [6.45, 7) is 1.58. The minimum atomic E-state index is -0.500. The summed E-state index contributed by atoms with van der Waals surface area (Å²) < 4.78 is 5.50. The van der Waals surface area contributed by atoms with Crippen LogP contribution in [0.1, 0.15) is 5.56 Å². The number of anilines is 1. The molecule has 0 bridgehead atoms. The Balaban J connectivity index is 1.59. The number of nitrogens with one attached hydrogen (secondary N) is 1. The van der Waals surface area contributed by atoms with E-state index in [1.165, 1.54) is 12.1 Å². The van der Waals surface area contributed by atoms with Gasteiger partial charge in [-0.2, -0.15) is 0 Å². The zero-order valence-corrected chi connectivity index (χ0v) is 14.7. The standard InChI is InChI=1S/C21H18N2O4/c1-15-7-10-18(23(25)26)13-20(15)22-21(24)14-27-19-11-8-17(9-12-19)16-5-3-2-4-6-16/h2-13H,14H2,1H3,(H,22,24). The van der Waals surface area contributed by atoms with Crippen molar-refractivity contribution in [2.75, 3.05) is 11.9 Å². The summed E-state index contributed by atoms with van der Waals surface area (Å²) in [6, 6.07) is 21.7. The molecule has 0 aliphatic rings. The van der Waals surface area contributed by atoms with E-state index >= 15 is 0 Å². The molecule has 27 heavy (non-hydrogen) atoms. The highest BCUT2D eigenvalue weighted by molar-refractivity contribution is 5.93. The van der Waals surface area contributed by atoms with Gasteiger partial charge in [-0.15, -0.1) is 0 Å². The SMILES string of the molecule is Cc1ccc([N+](=O)[O-])cc1NC(=O)COc1ccc(-c2ccccc2)cc1. The van der Waals surface area contributed by atoms with Gasteiger partial charge >= 0.3 is 0 Å². The molecule has 1 amide bonds. The molecule has 0 heterocycles. The third kappa shape index (κ3) is 4.70. The molecule has 0 saturated carbocycles. The predicted octanol–water partition coefficient (Wildman–Crippen LogP) is 4.59. The van der Waals surface area contributed by atoms with Crippen molar-refractivity contribution in [3.8, 4) is 16.9 Å². The van der Waals surface area contributed by atoms with Crippen molar-refractivity contribution in [2.24, 2.45) is 0 Å². The number of rotatable bonds is 6. The molecule has 1 N–H and O–H groups in total. The summed E-state index contributed by atoms with van der Waals surface area (Å²) in [5.74, 6) is 0.186. The molecule has 0 atom stereocenters. The molecule has 0 spiro atoms. The van der Waals surface area contributed by atoms with E-state index in [9.17, 15) is 14.9 Å². The van der Waals surface area contributed by atoms with Gasteiger partial charge in [0.05, 0.1) is 10.6 Å². The molecule has 0 unspecified atom stereocenters. The zero-order chi connectivity index (χ0) is 19.2. The van der Waals surface area contributed by atoms with E-state index in [1.54, 1.807) is 25.1 Å². The van der Waals surface area contributed by atoms with E-state index in [-0.39, 0.29) is 18.2 Å². The number of carbonyl (C=O) groups is 1. The lowest BCUT2D eigenvalue weighted by atomic mass is 10.1. The zero-order valence-electron chi connectivity index (χ0n) is 14.7. The highest BCUT2D eigenvalue weighted by atomic mass is 16.6. The smallest absolute Gasteiger partial charge is 0.271 e. The molecule has 6 heteroatoms. The molecule has 0 aliphatic heterocycles. The largest absolute Gasteiger partial charge is 0.484 e. The second kappa shape index (κ2) is 8.14. The number of carbonyl (C=O) groups excluding carboxylic acids is 1. The molecule has 0 aliphatic carbocycles. The third-order valence-electron chi connectivity index (χ3n) is 4.04. The molecule has 6 nitrogen and oxygen atoms in total. The first-order valence-corrected chi connectivity index (χ1v) is 8.36. The minimum Gasteiger partial charge on any atom is -0.484 e. The first-order chi connectivity index (χ1) is 13.0. The number of benzene rings is 3. The third-order valence-corrected chi connectivity index (χ3v) is 4.04. The topological polar surface area (TPSA) is 81.5 Å². The van der Waals surface area contributed by atoms with Crippen LogP contribution in [0.15, 0.2) is 72.8 Å². The van der Waals surface area contributed by atoms with Crippen LogP contribution in [0.25, 0.3) is 11.1 Å². The summed E-state index contributed by atoms with van der Waals surface area (Å²) in [6.07, 6.45) is 0. The van der Waals surface area contributed by atoms with Crippen LogP contribution in [0.3, 0.4) is 0 Å². The lowest BCUT2D eigenvalue weighted by molar-refractivity contribution is -0.384. The van der Waals surface area contributed by atoms with Crippen LogP contribution in [0.2, 0.25) is 0 Å².